The predicted molar refractivity (Wildman–Crippen MR) is 90.5 cm³/mol. The molecule has 0 spiro atoms. The summed E-state index contributed by atoms with van der Waals surface area (Å²) in [4.78, 5) is 0. The Morgan fingerprint density at radius 2 is 2.05 bits per heavy atom. The fraction of sp³-hybridized carbons (Fsp3) is 0.333. The Morgan fingerprint density at radius 3 is 2.68 bits per heavy atom. The third-order valence-corrected chi connectivity index (χ3v) is 4.71. The van der Waals surface area contributed by atoms with Crippen molar-refractivity contribution in [3.05, 3.63) is 46.1 Å². The maximum atomic E-state index is 11.9. The summed E-state index contributed by atoms with van der Waals surface area (Å²) in [6.07, 6.45) is 1.40. The van der Waals surface area contributed by atoms with Crippen molar-refractivity contribution < 1.29 is 13.8 Å². The average molecular weight is 385 g/mol. The minimum absolute atomic E-state index is 0.340. The normalized spacial score (nSPS) is 13.5. The van der Waals surface area contributed by atoms with Gasteiger partial charge < -0.3 is 13.8 Å². The van der Waals surface area contributed by atoms with Crippen LogP contribution in [0, 0.1) is 0 Å². The van der Waals surface area contributed by atoms with Crippen LogP contribution in [-0.4, -0.2) is 20.7 Å². The topological polar surface area (TPSA) is 70.7 Å². The Labute approximate surface area is 141 Å². The summed E-state index contributed by atoms with van der Waals surface area (Å²) in [7, 11) is 0. The van der Waals surface area contributed by atoms with Crippen molar-refractivity contribution >= 4 is 33.5 Å². The van der Waals surface area contributed by atoms with Gasteiger partial charge in [0.2, 0.25) is 5.76 Å². The zero-order chi connectivity index (χ0) is 16.2. The van der Waals surface area contributed by atoms with Gasteiger partial charge in [-0.25, -0.2) is 0 Å². The number of benzene rings is 1. The summed E-state index contributed by atoms with van der Waals surface area (Å²) >= 11 is 2.00. The van der Waals surface area contributed by atoms with Crippen LogP contribution in [0.25, 0.3) is 0 Å². The predicted octanol–water partition coefficient (Wildman–Crippen LogP) is 3.90. The highest BCUT2D eigenvalue weighted by Crippen LogP contribution is 2.28. The molecular formula is C15H17BrN2O3S. The number of aromatic nitrogens is 1. The zero-order valence-corrected chi connectivity index (χ0v) is 15.0. The molecule has 2 rings (SSSR count). The first-order chi connectivity index (χ1) is 10.4. The summed E-state index contributed by atoms with van der Waals surface area (Å²) < 4.78 is 26.7. The molecule has 118 valence electrons. The van der Waals surface area contributed by atoms with E-state index in [4.69, 9.17) is 9.26 Å². The van der Waals surface area contributed by atoms with Gasteiger partial charge in [0.1, 0.15) is 33.4 Å². The number of halogens is 1. The second-order valence-corrected chi connectivity index (χ2v) is 8.26. The van der Waals surface area contributed by atoms with E-state index in [1.54, 1.807) is 0 Å². The highest BCUT2D eigenvalue weighted by atomic mass is 79.9. The molecule has 2 aromatic rings. The lowest BCUT2D eigenvalue weighted by Gasteiger charge is -2.17. The van der Waals surface area contributed by atoms with Gasteiger partial charge in [-0.3, -0.25) is 0 Å². The average Bonchev–Trinajstić information content (AvgIpc) is 2.83. The molecule has 1 aromatic heterocycles. The Balaban J connectivity index is 2.02. The molecule has 0 fully saturated rings. The van der Waals surface area contributed by atoms with Gasteiger partial charge in [-0.2, -0.15) is 0 Å². The first kappa shape index (κ1) is 17.1. The summed E-state index contributed by atoms with van der Waals surface area (Å²) in [6.45, 7) is 5.94. The molecule has 0 N–H and O–H groups in total. The Kier molecular flexibility index (Phi) is 5.66. The fourth-order valence-electron chi connectivity index (χ4n) is 1.43. The van der Waals surface area contributed by atoms with E-state index in [0.29, 0.717) is 22.7 Å². The molecule has 0 aliphatic heterocycles. The van der Waals surface area contributed by atoms with E-state index >= 15 is 0 Å². The van der Waals surface area contributed by atoms with Gasteiger partial charge >= 0.3 is 0 Å². The van der Waals surface area contributed by atoms with E-state index in [0.717, 1.165) is 5.56 Å². The second kappa shape index (κ2) is 7.30. The van der Waals surface area contributed by atoms with Gasteiger partial charge in [-0.15, -0.1) is 0 Å². The molecule has 0 saturated heterocycles. The van der Waals surface area contributed by atoms with Crippen molar-refractivity contribution in [1.82, 2.24) is 5.16 Å². The van der Waals surface area contributed by atoms with E-state index in [-0.39, 0.29) is 0 Å². The minimum atomic E-state index is -1.35. The van der Waals surface area contributed by atoms with Gasteiger partial charge in [0, 0.05) is 0 Å². The summed E-state index contributed by atoms with van der Waals surface area (Å²) in [5, 5.41) is 3.84. The van der Waals surface area contributed by atoms with Crippen LogP contribution in [0.1, 0.15) is 32.1 Å². The van der Waals surface area contributed by atoms with Crippen LogP contribution >= 0.6 is 15.9 Å². The van der Waals surface area contributed by atoms with E-state index in [9.17, 15) is 4.55 Å². The van der Waals surface area contributed by atoms with Crippen molar-refractivity contribution in [2.24, 2.45) is 4.40 Å². The van der Waals surface area contributed by atoms with Crippen molar-refractivity contribution in [3.63, 3.8) is 0 Å². The lowest BCUT2D eigenvalue weighted by atomic mass is 10.2. The molecule has 0 saturated carbocycles. The molecule has 1 unspecified atom stereocenters. The summed E-state index contributed by atoms with van der Waals surface area (Å²) in [6, 6.07) is 9.75. The van der Waals surface area contributed by atoms with Crippen LogP contribution in [0.15, 0.2) is 43.7 Å². The quantitative estimate of drug-likeness (QED) is 0.578. The van der Waals surface area contributed by atoms with Gasteiger partial charge in [0.05, 0.1) is 0 Å². The fourth-order valence-corrected chi connectivity index (χ4v) is 2.30. The molecule has 0 aliphatic carbocycles. The zero-order valence-electron chi connectivity index (χ0n) is 12.6. The molecule has 0 amide bonds. The van der Waals surface area contributed by atoms with Crippen molar-refractivity contribution in [2.75, 3.05) is 0 Å². The van der Waals surface area contributed by atoms with E-state index in [1.807, 2.05) is 51.1 Å². The van der Waals surface area contributed by atoms with E-state index in [2.05, 4.69) is 25.5 Å². The van der Waals surface area contributed by atoms with Gasteiger partial charge in [-0.1, -0.05) is 34.7 Å². The van der Waals surface area contributed by atoms with Crippen LogP contribution in [0.5, 0.6) is 5.88 Å². The largest absolute Gasteiger partial charge is 0.591 e. The Morgan fingerprint density at radius 1 is 1.36 bits per heavy atom. The Bertz CT molecular complexity index is 638. The number of hydrogen-bond acceptors (Lipinski definition) is 5. The maximum absolute atomic E-state index is 11.9. The highest BCUT2D eigenvalue weighted by Gasteiger charge is 2.26. The number of ether oxygens (including phenoxy) is 1. The van der Waals surface area contributed by atoms with Crippen LogP contribution in [-0.2, 0) is 18.0 Å². The molecule has 0 aliphatic rings. The Hall–Kier alpha value is -1.31. The summed E-state index contributed by atoms with van der Waals surface area (Å²) in [5.74, 6) is 0.715. The standard InChI is InChI=1S/C15H17BrN2O3S/c1-15(2,3)22(19)17-9-12-13(16)14(18-21-12)20-10-11-7-5-4-6-8-11/h4-9H,10H2,1-3H3. The van der Waals surface area contributed by atoms with Crippen molar-refractivity contribution in [2.45, 2.75) is 32.1 Å². The maximum Gasteiger partial charge on any atom is 0.269 e. The van der Waals surface area contributed by atoms with Gasteiger partial charge in [0.15, 0.2) is 0 Å². The molecule has 1 aromatic carbocycles. The summed E-state index contributed by atoms with van der Waals surface area (Å²) in [5.41, 5.74) is 1.03. The van der Waals surface area contributed by atoms with Crippen LogP contribution < -0.4 is 4.74 Å². The number of rotatable bonds is 5. The molecule has 0 radical (unpaired) electrons. The molecule has 5 nitrogen and oxygen atoms in total. The monoisotopic (exact) mass is 384 g/mol. The van der Waals surface area contributed by atoms with Crippen LogP contribution in [0.3, 0.4) is 0 Å². The second-order valence-electron chi connectivity index (χ2n) is 5.54. The first-order valence-corrected chi connectivity index (χ1v) is 8.56. The van der Waals surface area contributed by atoms with Crippen molar-refractivity contribution in [1.29, 1.82) is 0 Å². The first-order valence-electron chi connectivity index (χ1n) is 6.66. The van der Waals surface area contributed by atoms with Crippen molar-refractivity contribution in [3.8, 4) is 5.88 Å². The van der Waals surface area contributed by atoms with Crippen LogP contribution in [0.2, 0.25) is 0 Å². The minimum Gasteiger partial charge on any atom is -0.591 e. The number of nitrogens with zero attached hydrogens (tertiary/aromatic N) is 2. The molecular weight excluding hydrogens is 368 g/mol. The third-order valence-electron chi connectivity index (χ3n) is 2.64. The van der Waals surface area contributed by atoms with Gasteiger partial charge in [-0.05, 0) is 47.4 Å². The smallest absolute Gasteiger partial charge is 0.269 e. The molecule has 22 heavy (non-hydrogen) atoms. The molecule has 1 atom stereocenters. The van der Waals surface area contributed by atoms with Crippen LogP contribution in [0.4, 0.5) is 0 Å². The van der Waals surface area contributed by atoms with E-state index < -0.39 is 16.1 Å². The number of hydrogen-bond donors (Lipinski definition) is 0. The lowest BCUT2D eigenvalue weighted by Crippen LogP contribution is -2.25. The lowest BCUT2D eigenvalue weighted by molar-refractivity contribution is 0.268. The highest BCUT2D eigenvalue weighted by molar-refractivity contribution is 9.10. The molecule has 0 bridgehead atoms. The van der Waals surface area contributed by atoms with Gasteiger partial charge in [0.25, 0.3) is 5.88 Å². The SMILES string of the molecule is CC(C)(C)[S+]([O-])N=Cc1onc(OCc2ccccc2)c1Br. The van der Waals surface area contributed by atoms with E-state index in [1.165, 1.54) is 6.21 Å². The third kappa shape index (κ3) is 4.59. The molecule has 1 heterocycles. The molecule has 7 heteroatoms.